The van der Waals surface area contributed by atoms with Crippen LogP contribution in [-0.4, -0.2) is 5.78 Å². The van der Waals surface area contributed by atoms with Crippen LogP contribution in [0.1, 0.15) is 79.6 Å². The fourth-order valence-corrected chi connectivity index (χ4v) is 2.07. The number of hydrogen-bond acceptors (Lipinski definition) is 1. The van der Waals surface area contributed by atoms with E-state index >= 15 is 0 Å². The number of carbonyl (C=O) groups is 1. The number of ketones is 1. The third-order valence-corrected chi connectivity index (χ3v) is 3.39. The number of hydrogen-bond donors (Lipinski definition) is 0. The Kier molecular flexibility index (Phi) is 10.5. The molecule has 0 amide bonds. The Labute approximate surface area is 120 Å². The minimum absolute atomic E-state index is 0.300. The van der Waals surface area contributed by atoms with Crippen molar-refractivity contribution in [1.82, 2.24) is 0 Å². The van der Waals surface area contributed by atoms with E-state index in [0.29, 0.717) is 5.78 Å². The highest BCUT2D eigenvalue weighted by Gasteiger charge is 1.96. The Bertz CT molecular complexity index is 308. The van der Waals surface area contributed by atoms with Crippen LogP contribution in [0.3, 0.4) is 0 Å². The van der Waals surface area contributed by atoms with Gasteiger partial charge in [-0.15, -0.1) is 0 Å². The summed E-state index contributed by atoms with van der Waals surface area (Å²) >= 11 is 0. The third kappa shape index (κ3) is 13.4. The average molecular weight is 264 g/mol. The number of Topliss-reactive ketones (excluding diaryl/α,β-unsaturated/α-hetero) is 1. The van der Waals surface area contributed by atoms with Gasteiger partial charge in [-0.3, -0.25) is 0 Å². The summed E-state index contributed by atoms with van der Waals surface area (Å²) in [6.07, 6.45) is 12.3. The van der Waals surface area contributed by atoms with Crippen molar-refractivity contribution in [2.75, 3.05) is 0 Å². The summed E-state index contributed by atoms with van der Waals surface area (Å²) in [4.78, 5) is 10.8. The highest BCUT2D eigenvalue weighted by molar-refractivity contribution is 5.75. The molecule has 1 heteroatoms. The first kappa shape index (κ1) is 18.1. The van der Waals surface area contributed by atoms with Crippen LogP contribution in [0.5, 0.6) is 0 Å². The van der Waals surface area contributed by atoms with Gasteiger partial charge in [0.15, 0.2) is 0 Å². The fraction of sp³-hybridized carbons (Fsp3) is 0.722. The molecule has 0 rings (SSSR count). The Balaban J connectivity index is 3.80. The van der Waals surface area contributed by atoms with Crippen molar-refractivity contribution in [3.05, 3.63) is 23.3 Å². The first-order chi connectivity index (χ1) is 8.91. The van der Waals surface area contributed by atoms with Gasteiger partial charge in [-0.1, -0.05) is 43.6 Å². The van der Waals surface area contributed by atoms with Crippen molar-refractivity contribution in [3.8, 4) is 0 Å². The van der Waals surface area contributed by atoms with Gasteiger partial charge in [-0.05, 0) is 58.8 Å². The Hall–Kier alpha value is -0.850. The highest BCUT2D eigenvalue weighted by atomic mass is 16.1. The van der Waals surface area contributed by atoms with Crippen LogP contribution in [0.15, 0.2) is 23.3 Å². The van der Waals surface area contributed by atoms with Crippen molar-refractivity contribution >= 4 is 5.78 Å². The molecule has 0 N–H and O–H groups in total. The van der Waals surface area contributed by atoms with Crippen LogP contribution in [0.2, 0.25) is 0 Å². The second kappa shape index (κ2) is 11.0. The first-order valence-electron chi connectivity index (χ1n) is 7.72. The van der Waals surface area contributed by atoms with Crippen LogP contribution in [0.4, 0.5) is 0 Å². The van der Waals surface area contributed by atoms with Crippen molar-refractivity contribution in [1.29, 1.82) is 0 Å². The lowest BCUT2D eigenvalue weighted by molar-refractivity contribution is -0.117. The topological polar surface area (TPSA) is 17.1 Å². The van der Waals surface area contributed by atoms with Crippen molar-refractivity contribution in [3.63, 3.8) is 0 Å². The molecule has 0 aliphatic heterocycles. The normalized spacial score (nSPS) is 13.2. The van der Waals surface area contributed by atoms with Crippen molar-refractivity contribution in [2.24, 2.45) is 5.92 Å². The van der Waals surface area contributed by atoms with Gasteiger partial charge in [0.2, 0.25) is 0 Å². The number of allylic oxidation sites excluding steroid dienone is 4. The Morgan fingerprint density at radius 1 is 0.895 bits per heavy atom. The quantitative estimate of drug-likeness (QED) is 0.452. The molecule has 0 saturated carbocycles. The van der Waals surface area contributed by atoms with Crippen molar-refractivity contribution in [2.45, 2.75) is 79.6 Å². The molecule has 110 valence electrons. The summed E-state index contributed by atoms with van der Waals surface area (Å²) in [5.74, 6) is 1.12. The predicted molar refractivity (Wildman–Crippen MR) is 85.4 cm³/mol. The highest BCUT2D eigenvalue weighted by Crippen LogP contribution is 2.13. The zero-order valence-electron chi connectivity index (χ0n) is 13.6. The van der Waals surface area contributed by atoms with Gasteiger partial charge in [0.25, 0.3) is 0 Å². The largest absolute Gasteiger partial charge is 0.300 e. The minimum Gasteiger partial charge on any atom is -0.300 e. The smallest absolute Gasteiger partial charge is 0.129 e. The molecule has 0 atom stereocenters. The maximum Gasteiger partial charge on any atom is 0.129 e. The van der Waals surface area contributed by atoms with Crippen LogP contribution in [0.25, 0.3) is 0 Å². The van der Waals surface area contributed by atoms with E-state index in [1.165, 1.54) is 30.4 Å². The molecule has 0 saturated heterocycles. The lowest BCUT2D eigenvalue weighted by Gasteiger charge is -2.04. The summed E-state index contributed by atoms with van der Waals surface area (Å²) in [5, 5.41) is 0. The van der Waals surface area contributed by atoms with Gasteiger partial charge < -0.3 is 4.79 Å². The molecule has 0 radical (unpaired) electrons. The molecule has 0 bridgehead atoms. The molecule has 0 aromatic rings. The molecule has 0 aromatic carbocycles. The van der Waals surface area contributed by atoms with E-state index in [-0.39, 0.29) is 0 Å². The molecule has 0 fully saturated rings. The Morgan fingerprint density at radius 3 is 1.89 bits per heavy atom. The van der Waals surface area contributed by atoms with Crippen LogP contribution >= 0.6 is 0 Å². The second-order valence-corrected chi connectivity index (χ2v) is 6.18. The maximum absolute atomic E-state index is 10.8. The average Bonchev–Trinajstić information content (AvgIpc) is 2.27. The van der Waals surface area contributed by atoms with Crippen molar-refractivity contribution < 1.29 is 4.79 Å². The van der Waals surface area contributed by atoms with Crippen LogP contribution in [0, 0.1) is 5.92 Å². The fourth-order valence-electron chi connectivity index (χ4n) is 2.07. The van der Waals surface area contributed by atoms with E-state index in [9.17, 15) is 4.79 Å². The molecule has 0 spiro atoms. The minimum atomic E-state index is 0.300. The third-order valence-electron chi connectivity index (χ3n) is 3.39. The van der Waals surface area contributed by atoms with Gasteiger partial charge in [0.1, 0.15) is 5.78 Å². The molecule has 0 heterocycles. The summed E-state index contributed by atoms with van der Waals surface area (Å²) in [6.45, 7) is 10.6. The van der Waals surface area contributed by atoms with Gasteiger partial charge in [0.05, 0.1) is 0 Å². The summed E-state index contributed by atoms with van der Waals surface area (Å²) < 4.78 is 0. The van der Waals surface area contributed by atoms with Gasteiger partial charge in [0, 0.05) is 6.42 Å². The van der Waals surface area contributed by atoms with E-state index in [2.05, 4.69) is 39.8 Å². The molecule has 19 heavy (non-hydrogen) atoms. The van der Waals surface area contributed by atoms with Gasteiger partial charge in [-0.25, -0.2) is 0 Å². The second-order valence-electron chi connectivity index (χ2n) is 6.18. The standard InChI is InChI=1S/C18H32O/c1-15(2)9-6-10-16(3)11-7-12-17(4)13-8-14-18(5)19/h11-12,15H,6-10,13-14H2,1-5H3. The Morgan fingerprint density at radius 2 is 1.42 bits per heavy atom. The number of rotatable bonds is 10. The predicted octanol–water partition coefficient (Wildman–Crippen LogP) is 5.85. The first-order valence-corrected chi connectivity index (χ1v) is 7.72. The molecule has 0 aliphatic rings. The molecule has 0 aromatic heterocycles. The summed E-state index contributed by atoms with van der Waals surface area (Å²) in [6, 6.07) is 0. The lowest BCUT2D eigenvalue weighted by atomic mass is 10.0. The monoisotopic (exact) mass is 264 g/mol. The SMILES string of the molecule is CC(=O)CCCC(C)=CCC=C(C)CCCC(C)C. The maximum atomic E-state index is 10.8. The van der Waals surface area contributed by atoms with E-state index in [0.717, 1.165) is 31.6 Å². The van der Waals surface area contributed by atoms with Crippen LogP contribution < -0.4 is 0 Å². The van der Waals surface area contributed by atoms with Crippen LogP contribution in [-0.2, 0) is 4.79 Å². The lowest BCUT2D eigenvalue weighted by Crippen LogP contribution is -1.89. The zero-order chi connectivity index (χ0) is 14.7. The van der Waals surface area contributed by atoms with E-state index in [1.807, 2.05) is 0 Å². The molecular weight excluding hydrogens is 232 g/mol. The summed E-state index contributed by atoms with van der Waals surface area (Å²) in [7, 11) is 0. The van der Waals surface area contributed by atoms with E-state index in [4.69, 9.17) is 0 Å². The summed E-state index contributed by atoms with van der Waals surface area (Å²) in [5.41, 5.74) is 2.92. The zero-order valence-corrected chi connectivity index (χ0v) is 13.6. The van der Waals surface area contributed by atoms with E-state index in [1.54, 1.807) is 6.92 Å². The number of carbonyl (C=O) groups excluding carboxylic acids is 1. The molecule has 1 nitrogen and oxygen atoms in total. The molecular formula is C18H32O. The van der Waals surface area contributed by atoms with Gasteiger partial charge in [-0.2, -0.15) is 0 Å². The van der Waals surface area contributed by atoms with Gasteiger partial charge >= 0.3 is 0 Å². The molecule has 0 aliphatic carbocycles. The van der Waals surface area contributed by atoms with E-state index < -0.39 is 0 Å². The molecule has 0 unspecified atom stereocenters.